The van der Waals surface area contributed by atoms with Crippen LogP contribution < -0.4 is 5.32 Å². The number of piperidine rings is 1. The van der Waals surface area contributed by atoms with Gasteiger partial charge in [0.15, 0.2) is 0 Å². The van der Waals surface area contributed by atoms with Crippen LogP contribution in [-0.2, 0) is 4.79 Å². The summed E-state index contributed by atoms with van der Waals surface area (Å²) in [5.41, 5.74) is 4.85. The molecule has 3 heterocycles. The van der Waals surface area contributed by atoms with Crippen molar-refractivity contribution in [2.45, 2.75) is 19.8 Å². The Hall–Kier alpha value is -3.92. The fourth-order valence-corrected chi connectivity index (χ4v) is 4.43. The minimum atomic E-state index is -0.143. The molecule has 0 atom stereocenters. The highest BCUT2D eigenvalue weighted by Crippen LogP contribution is 2.27. The van der Waals surface area contributed by atoms with E-state index in [0.717, 1.165) is 16.7 Å². The van der Waals surface area contributed by atoms with E-state index in [-0.39, 0.29) is 17.7 Å². The number of carbonyl (C=O) groups excluding carboxylic acids is 2. The number of rotatable bonds is 5. The summed E-state index contributed by atoms with van der Waals surface area (Å²) in [6.45, 7) is 3.05. The van der Waals surface area contributed by atoms with E-state index in [9.17, 15) is 9.59 Å². The monoisotopic (exact) mass is 474 g/mol. The van der Waals surface area contributed by atoms with E-state index in [1.54, 1.807) is 22.5 Å². The van der Waals surface area contributed by atoms with Gasteiger partial charge in [0.25, 0.3) is 5.91 Å². The Bertz CT molecular complexity index is 1290. The molecule has 0 radical (unpaired) electrons. The van der Waals surface area contributed by atoms with Gasteiger partial charge in [0.1, 0.15) is 5.51 Å². The van der Waals surface area contributed by atoms with E-state index in [4.69, 9.17) is 4.42 Å². The smallest absolute Gasteiger partial charge is 0.253 e. The zero-order valence-corrected chi connectivity index (χ0v) is 19.3. The maximum absolute atomic E-state index is 13.0. The number of likely N-dealkylation sites (tertiary alicyclic amines) is 1. The van der Waals surface area contributed by atoms with Gasteiger partial charge in [-0.1, -0.05) is 29.5 Å². The molecule has 0 bridgehead atoms. The van der Waals surface area contributed by atoms with E-state index < -0.39 is 0 Å². The zero-order chi connectivity index (χ0) is 23.5. The first kappa shape index (κ1) is 21.9. The molecule has 1 saturated heterocycles. The Kier molecular flexibility index (Phi) is 6.13. The van der Waals surface area contributed by atoms with Crippen LogP contribution in [-0.4, -0.2) is 50.2 Å². The first-order chi connectivity index (χ1) is 16.6. The van der Waals surface area contributed by atoms with Crippen LogP contribution in [0.4, 0.5) is 5.13 Å². The topological polar surface area (TPSA) is 114 Å². The van der Waals surface area contributed by atoms with Crippen molar-refractivity contribution in [2.24, 2.45) is 5.92 Å². The lowest BCUT2D eigenvalue weighted by atomic mass is 9.95. The number of nitrogens with one attached hydrogen (secondary N) is 1. The molecule has 0 unspecified atom stereocenters. The number of hydrogen-bond acceptors (Lipinski definition) is 8. The van der Waals surface area contributed by atoms with Crippen molar-refractivity contribution in [3.8, 4) is 22.9 Å². The van der Waals surface area contributed by atoms with Crippen LogP contribution in [0.3, 0.4) is 0 Å². The molecule has 0 saturated carbocycles. The minimum Gasteiger partial charge on any atom is -0.416 e. The Morgan fingerprint density at radius 3 is 2.44 bits per heavy atom. The first-order valence-corrected chi connectivity index (χ1v) is 11.8. The normalized spacial score (nSPS) is 14.2. The SMILES string of the molecule is Cc1ccccc1-c1nnc(-c2ccc(C(=O)N3CCC(C(=O)Nc4nncs4)CC3)cc2)o1. The lowest BCUT2D eigenvalue weighted by molar-refractivity contribution is -0.121. The summed E-state index contributed by atoms with van der Waals surface area (Å²) >= 11 is 1.28. The van der Waals surface area contributed by atoms with Crippen molar-refractivity contribution in [3.63, 3.8) is 0 Å². The quantitative estimate of drug-likeness (QED) is 0.464. The number of amides is 2. The molecular weight excluding hydrogens is 452 g/mol. The molecular formula is C24H22N6O3S. The van der Waals surface area contributed by atoms with Crippen LogP contribution in [0.1, 0.15) is 28.8 Å². The van der Waals surface area contributed by atoms with Gasteiger partial charge in [0.05, 0.1) is 0 Å². The predicted molar refractivity (Wildman–Crippen MR) is 127 cm³/mol. The second-order valence-corrected chi connectivity index (χ2v) is 8.94. The van der Waals surface area contributed by atoms with E-state index in [1.807, 2.05) is 43.3 Å². The van der Waals surface area contributed by atoms with Gasteiger partial charge in [-0.05, 0) is 55.7 Å². The summed E-state index contributed by atoms with van der Waals surface area (Å²) in [5, 5.41) is 19.2. The summed E-state index contributed by atoms with van der Waals surface area (Å²) in [7, 11) is 0. The summed E-state index contributed by atoms with van der Waals surface area (Å²) in [6.07, 6.45) is 1.22. The lowest BCUT2D eigenvalue weighted by Crippen LogP contribution is -2.41. The van der Waals surface area contributed by atoms with Gasteiger partial charge >= 0.3 is 0 Å². The van der Waals surface area contributed by atoms with Gasteiger partial charge in [-0.2, -0.15) is 0 Å². The molecule has 0 spiro atoms. The third-order valence-corrected chi connectivity index (χ3v) is 6.53. The molecule has 2 aromatic heterocycles. The van der Waals surface area contributed by atoms with Crippen LogP contribution in [0.5, 0.6) is 0 Å². The van der Waals surface area contributed by atoms with Crippen LogP contribution in [0.25, 0.3) is 22.9 Å². The average molecular weight is 475 g/mol. The molecule has 0 aliphatic carbocycles. The van der Waals surface area contributed by atoms with Crippen molar-refractivity contribution in [1.29, 1.82) is 0 Å². The molecule has 2 amide bonds. The molecule has 1 N–H and O–H groups in total. The number of aromatic nitrogens is 4. The molecule has 34 heavy (non-hydrogen) atoms. The van der Waals surface area contributed by atoms with Gasteiger partial charge in [0.2, 0.25) is 22.8 Å². The van der Waals surface area contributed by atoms with Gasteiger partial charge in [0, 0.05) is 35.7 Å². The van der Waals surface area contributed by atoms with Crippen LogP contribution in [0.2, 0.25) is 0 Å². The van der Waals surface area contributed by atoms with Crippen LogP contribution in [0.15, 0.2) is 58.5 Å². The Labute approximate surface area is 199 Å². The second kappa shape index (κ2) is 9.52. The van der Waals surface area contributed by atoms with E-state index in [0.29, 0.717) is 48.4 Å². The Balaban J connectivity index is 1.20. The van der Waals surface area contributed by atoms with Crippen molar-refractivity contribution in [3.05, 3.63) is 65.2 Å². The molecule has 9 nitrogen and oxygen atoms in total. The fourth-order valence-electron chi connectivity index (χ4n) is 3.98. The standard InChI is InChI=1S/C24H22N6O3S/c1-15-4-2-3-5-19(15)22-28-27-21(33-22)17-6-8-18(9-7-17)23(32)30-12-10-16(11-13-30)20(31)26-24-29-25-14-34-24/h2-9,14,16H,10-13H2,1H3,(H,26,29,31). The summed E-state index contributed by atoms with van der Waals surface area (Å²) in [6, 6.07) is 15.0. The number of benzene rings is 2. The van der Waals surface area contributed by atoms with Crippen molar-refractivity contribution >= 4 is 28.3 Å². The molecule has 1 fully saturated rings. The van der Waals surface area contributed by atoms with Gasteiger partial charge < -0.3 is 14.6 Å². The molecule has 172 valence electrons. The zero-order valence-electron chi connectivity index (χ0n) is 18.5. The number of hydrogen-bond donors (Lipinski definition) is 1. The van der Waals surface area contributed by atoms with E-state index in [1.165, 1.54) is 11.3 Å². The number of nitrogens with zero attached hydrogens (tertiary/aromatic N) is 5. The number of carbonyl (C=O) groups is 2. The van der Waals surface area contributed by atoms with Gasteiger partial charge in [-0.25, -0.2) is 0 Å². The summed E-state index contributed by atoms with van der Waals surface area (Å²) in [4.78, 5) is 27.1. The largest absolute Gasteiger partial charge is 0.416 e. The average Bonchev–Trinajstić information content (AvgIpc) is 3.57. The maximum atomic E-state index is 13.0. The minimum absolute atomic E-state index is 0.0549. The Morgan fingerprint density at radius 1 is 1.00 bits per heavy atom. The lowest BCUT2D eigenvalue weighted by Gasteiger charge is -2.31. The van der Waals surface area contributed by atoms with Crippen molar-refractivity contribution in [2.75, 3.05) is 18.4 Å². The second-order valence-electron chi connectivity index (χ2n) is 8.10. The predicted octanol–water partition coefficient (Wildman–Crippen LogP) is 4.05. The third-order valence-electron chi connectivity index (χ3n) is 5.92. The van der Waals surface area contributed by atoms with Crippen LogP contribution in [0, 0.1) is 12.8 Å². The summed E-state index contributed by atoms with van der Waals surface area (Å²) in [5.74, 6) is 0.597. The Morgan fingerprint density at radius 2 is 1.74 bits per heavy atom. The highest BCUT2D eigenvalue weighted by Gasteiger charge is 2.28. The third kappa shape index (κ3) is 4.58. The highest BCUT2D eigenvalue weighted by molar-refractivity contribution is 7.13. The highest BCUT2D eigenvalue weighted by atomic mass is 32.1. The number of aryl methyl sites for hydroxylation is 1. The van der Waals surface area contributed by atoms with E-state index in [2.05, 4.69) is 25.7 Å². The first-order valence-electron chi connectivity index (χ1n) is 10.9. The van der Waals surface area contributed by atoms with Gasteiger partial charge in [-0.3, -0.25) is 9.59 Å². The molecule has 1 aliphatic heterocycles. The van der Waals surface area contributed by atoms with Crippen LogP contribution >= 0.6 is 11.3 Å². The van der Waals surface area contributed by atoms with Gasteiger partial charge in [-0.15, -0.1) is 20.4 Å². The molecule has 2 aromatic carbocycles. The number of anilines is 1. The molecule has 1 aliphatic rings. The van der Waals surface area contributed by atoms with Crippen molar-refractivity contribution < 1.29 is 14.0 Å². The molecule has 4 aromatic rings. The molecule has 10 heteroatoms. The van der Waals surface area contributed by atoms with E-state index >= 15 is 0 Å². The van der Waals surface area contributed by atoms with Crippen molar-refractivity contribution in [1.82, 2.24) is 25.3 Å². The fraction of sp³-hybridized carbons (Fsp3) is 0.250. The maximum Gasteiger partial charge on any atom is 0.253 e. The molecule has 5 rings (SSSR count). The summed E-state index contributed by atoms with van der Waals surface area (Å²) < 4.78 is 5.86.